The summed E-state index contributed by atoms with van der Waals surface area (Å²) in [6, 6.07) is 14.5. The van der Waals surface area contributed by atoms with Crippen molar-refractivity contribution in [3.8, 4) is 5.75 Å². The van der Waals surface area contributed by atoms with Gasteiger partial charge in [0.05, 0.1) is 29.7 Å². The van der Waals surface area contributed by atoms with E-state index < -0.39 is 39.9 Å². The van der Waals surface area contributed by atoms with Crippen LogP contribution in [0, 0.1) is 11.7 Å². The Morgan fingerprint density at radius 1 is 1.12 bits per heavy atom. The molecular weight excluding hydrogens is 587 g/mol. The first-order valence-electron chi connectivity index (χ1n) is 13.2. The number of carbonyl (C=O) groups is 2. The van der Waals surface area contributed by atoms with Gasteiger partial charge in [-0.15, -0.1) is 0 Å². The summed E-state index contributed by atoms with van der Waals surface area (Å²) < 4.78 is 47.2. The lowest BCUT2D eigenvalue weighted by Gasteiger charge is -2.38. The molecule has 0 spiro atoms. The first-order valence-corrected chi connectivity index (χ1v) is 15.0. The second-order valence-corrected chi connectivity index (χ2v) is 12.6. The summed E-state index contributed by atoms with van der Waals surface area (Å²) in [5.41, 5.74) is 0.793. The predicted molar refractivity (Wildman–Crippen MR) is 158 cm³/mol. The molecule has 3 N–H and O–H groups in total. The van der Waals surface area contributed by atoms with Gasteiger partial charge in [-0.25, -0.2) is 17.6 Å². The highest BCUT2D eigenvalue weighted by atomic mass is 35.5. The summed E-state index contributed by atoms with van der Waals surface area (Å²) in [6.45, 7) is 3.42. The van der Waals surface area contributed by atoms with Gasteiger partial charge in [0.25, 0.3) is 5.91 Å². The normalized spacial score (nSPS) is 18.0. The van der Waals surface area contributed by atoms with E-state index in [1.54, 1.807) is 13.0 Å². The maximum Gasteiger partial charge on any atom is 0.323 e. The maximum absolute atomic E-state index is 13.7. The van der Waals surface area contributed by atoms with Crippen molar-refractivity contribution in [2.24, 2.45) is 5.92 Å². The van der Waals surface area contributed by atoms with E-state index in [1.165, 1.54) is 76.9 Å². The van der Waals surface area contributed by atoms with E-state index in [0.29, 0.717) is 10.7 Å². The van der Waals surface area contributed by atoms with Gasteiger partial charge < -0.3 is 25.4 Å². The fourth-order valence-corrected chi connectivity index (χ4v) is 5.79. The van der Waals surface area contributed by atoms with Gasteiger partial charge in [-0.05, 0) is 73.7 Å². The second kappa shape index (κ2) is 13.1. The van der Waals surface area contributed by atoms with Gasteiger partial charge in [-0.3, -0.25) is 4.79 Å². The van der Waals surface area contributed by atoms with Crippen molar-refractivity contribution in [2.75, 3.05) is 37.4 Å². The maximum atomic E-state index is 13.7. The summed E-state index contributed by atoms with van der Waals surface area (Å²) in [4.78, 5) is 27.8. The molecule has 1 aliphatic heterocycles. The topological polar surface area (TPSA) is 128 Å². The molecule has 0 saturated carbocycles. The zero-order valence-corrected chi connectivity index (χ0v) is 24.8. The Bertz CT molecular complexity index is 1540. The number of aliphatic hydroxyl groups excluding tert-OH is 1. The zero-order chi connectivity index (χ0) is 30.6. The number of aliphatic hydroxyl groups is 1. The molecule has 3 aromatic rings. The molecule has 13 heteroatoms. The SMILES string of the molecule is C[C@H]1CN([C@@H](C)CO)C(=O)c2cc(NC(=O)Nc3ccc(F)cc3)ccc2O[C@H]1CN(C)S(=O)(=O)c1ccc(Cl)cc1. The van der Waals surface area contributed by atoms with Gasteiger partial charge in [0, 0.05) is 35.9 Å². The van der Waals surface area contributed by atoms with Crippen LogP contribution in [0.2, 0.25) is 5.02 Å². The molecule has 10 nitrogen and oxygen atoms in total. The van der Waals surface area contributed by atoms with Crippen molar-refractivity contribution in [3.05, 3.63) is 83.1 Å². The molecule has 0 aliphatic carbocycles. The third-order valence-corrected chi connectivity index (χ3v) is 9.07. The minimum atomic E-state index is -3.87. The van der Waals surface area contributed by atoms with Crippen LogP contribution in [0.4, 0.5) is 20.6 Å². The first kappa shape index (κ1) is 31.2. The molecule has 0 aromatic heterocycles. The highest BCUT2D eigenvalue weighted by Gasteiger charge is 2.35. The van der Waals surface area contributed by atoms with E-state index in [2.05, 4.69) is 10.6 Å². The summed E-state index contributed by atoms with van der Waals surface area (Å²) in [5, 5.41) is 15.5. The van der Waals surface area contributed by atoms with E-state index in [1.807, 2.05) is 6.92 Å². The van der Waals surface area contributed by atoms with E-state index in [4.69, 9.17) is 16.3 Å². The van der Waals surface area contributed by atoms with Crippen molar-refractivity contribution < 1.29 is 32.2 Å². The van der Waals surface area contributed by atoms with Crippen LogP contribution in [-0.2, 0) is 10.0 Å². The minimum absolute atomic E-state index is 0.0266. The fraction of sp³-hybridized carbons (Fsp3) is 0.310. The van der Waals surface area contributed by atoms with Crippen molar-refractivity contribution in [1.82, 2.24) is 9.21 Å². The molecule has 3 aromatic carbocycles. The molecule has 0 radical (unpaired) electrons. The monoisotopic (exact) mass is 618 g/mol. The Morgan fingerprint density at radius 3 is 2.38 bits per heavy atom. The Balaban J connectivity index is 1.61. The van der Waals surface area contributed by atoms with Gasteiger partial charge in [-0.1, -0.05) is 18.5 Å². The van der Waals surface area contributed by atoms with Crippen LogP contribution >= 0.6 is 11.6 Å². The van der Waals surface area contributed by atoms with Crippen molar-refractivity contribution in [1.29, 1.82) is 0 Å². The number of nitrogens with one attached hydrogen (secondary N) is 2. The van der Waals surface area contributed by atoms with Gasteiger partial charge in [0.1, 0.15) is 17.7 Å². The number of sulfonamides is 1. The third-order valence-electron chi connectivity index (χ3n) is 6.98. The summed E-state index contributed by atoms with van der Waals surface area (Å²) >= 11 is 5.92. The number of benzene rings is 3. The Labute approximate surface area is 249 Å². The number of halogens is 2. The number of nitrogens with zero attached hydrogens (tertiary/aromatic N) is 2. The quantitative estimate of drug-likeness (QED) is 0.337. The molecular formula is C29H32ClFN4O6S. The van der Waals surface area contributed by atoms with Crippen LogP contribution in [0.5, 0.6) is 5.75 Å². The lowest BCUT2D eigenvalue weighted by Crippen LogP contribution is -2.50. The van der Waals surface area contributed by atoms with Crippen molar-refractivity contribution in [2.45, 2.75) is 30.9 Å². The number of carbonyl (C=O) groups excluding carboxylic acids is 2. The van der Waals surface area contributed by atoms with Gasteiger partial charge in [0.2, 0.25) is 10.0 Å². The minimum Gasteiger partial charge on any atom is -0.488 e. The average molecular weight is 619 g/mol. The molecule has 1 aliphatic rings. The number of hydrogen-bond donors (Lipinski definition) is 3. The van der Waals surface area contributed by atoms with Crippen LogP contribution in [0.1, 0.15) is 24.2 Å². The lowest BCUT2D eigenvalue weighted by molar-refractivity contribution is 0.0387. The van der Waals surface area contributed by atoms with Gasteiger partial charge in [0.15, 0.2) is 0 Å². The second-order valence-electron chi connectivity index (χ2n) is 10.2. The number of hydrogen-bond acceptors (Lipinski definition) is 6. The Kier molecular flexibility index (Phi) is 9.72. The van der Waals surface area contributed by atoms with E-state index >= 15 is 0 Å². The van der Waals surface area contributed by atoms with Crippen LogP contribution in [-0.4, -0.2) is 73.6 Å². The molecule has 0 bridgehead atoms. The first-order chi connectivity index (χ1) is 19.9. The molecule has 1 heterocycles. The van der Waals surface area contributed by atoms with Crippen molar-refractivity contribution in [3.63, 3.8) is 0 Å². The number of urea groups is 1. The Morgan fingerprint density at radius 2 is 1.74 bits per heavy atom. The average Bonchev–Trinajstić information content (AvgIpc) is 2.96. The van der Waals surface area contributed by atoms with Crippen molar-refractivity contribution >= 4 is 44.9 Å². The highest BCUT2D eigenvalue weighted by molar-refractivity contribution is 7.89. The molecule has 0 unspecified atom stereocenters. The van der Waals surface area contributed by atoms with Crippen LogP contribution in [0.25, 0.3) is 0 Å². The number of rotatable bonds is 8. The summed E-state index contributed by atoms with van der Waals surface area (Å²) in [7, 11) is -2.42. The summed E-state index contributed by atoms with van der Waals surface area (Å²) in [6.07, 6.45) is -0.669. The van der Waals surface area contributed by atoms with Gasteiger partial charge >= 0.3 is 6.03 Å². The fourth-order valence-electron chi connectivity index (χ4n) is 4.48. The van der Waals surface area contributed by atoms with Gasteiger partial charge in [-0.2, -0.15) is 4.31 Å². The molecule has 0 fully saturated rings. The smallest absolute Gasteiger partial charge is 0.323 e. The summed E-state index contributed by atoms with van der Waals surface area (Å²) in [5.74, 6) is -0.975. The highest BCUT2D eigenvalue weighted by Crippen LogP contribution is 2.31. The number of anilines is 2. The molecule has 42 heavy (non-hydrogen) atoms. The zero-order valence-electron chi connectivity index (χ0n) is 23.3. The standard InChI is InChI=1S/C29H32ClFN4O6S/c1-18-15-35(19(2)17-36)28(37)25-14-23(33-29(38)32-22-8-6-21(31)7-9-22)10-13-26(25)41-27(18)16-34(3)42(39,40)24-11-4-20(30)5-12-24/h4-14,18-19,27,36H,15-17H2,1-3H3,(H2,32,33,38)/t18-,19-,27-/m0/s1. The van der Waals surface area contributed by atoms with Crippen LogP contribution in [0.15, 0.2) is 71.6 Å². The lowest BCUT2D eigenvalue weighted by atomic mass is 9.99. The van der Waals surface area contributed by atoms with E-state index in [9.17, 15) is 27.5 Å². The predicted octanol–water partition coefficient (Wildman–Crippen LogP) is 4.66. The molecule has 3 atom stereocenters. The van der Waals surface area contributed by atoms with Crippen LogP contribution < -0.4 is 15.4 Å². The van der Waals surface area contributed by atoms with E-state index in [-0.39, 0.29) is 47.5 Å². The molecule has 3 amide bonds. The van der Waals surface area contributed by atoms with Crippen LogP contribution in [0.3, 0.4) is 0 Å². The molecule has 0 saturated heterocycles. The molecule has 4 rings (SSSR count). The Hall–Kier alpha value is -3.71. The molecule has 224 valence electrons. The number of amides is 3. The van der Waals surface area contributed by atoms with E-state index in [0.717, 1.165) is 0 Å². The number of likely N-dealkylation sites (N-methyl/N-ethyl adjacent to an activating group) is 1. The number of ether oxygens (including phenoxy) is 1. The largest absolute Gasteiger partial charge is 0.488 e. The number of fused-ring (bicyclic) bond motifs is 1. The third kappa shape index (κ3) is 7.19.